The van der Waals surface area contributed by atoms with Gasteiger partial charge < -0.3 is 4.40 Å². The van der Waals surface area contributed by atoms with E-state index < -0.39 is 0 Å². The minimum atomic E-state index is 0.205. The first kappa shape index (κ1) is 72.9. The van der Waals surface area contributed by atoms with Gasteiger partial charge in [-0.15, -0.1) is 0 Å². The van der Waals surface area contributed by atoms with E-state index >= 15 is 0 Å². The molecule has 0 atom stereocenters. The van der Waals surface area contributed by atoms with Gasteiger partial charge in [-0.3, -0.25) is 0 Å². The van der Waals surface area contributed by atoms with Crippen LogP contribution in [0, 0.1) is 0 Å². The van der Waals surface area contributed by atoms with Gasteiger partial charge in [0.25, 0.3) is 0 Å². The third-order valence-electron chi connectivity index (χ3n) is 25.0. The summed E-state index contributed by atoms with van der Waals surface area (Å²) in [5.41, 5.74) is 37.5. The van der Waals surface area contributed by atoms with E-state index in [1.54, 1.807) is 0 Å². The van der Waals surface area contributed by atoms with Crippen LogP contribution in [0.5, 0.6) is 0 Å². The van der Waals surface area contributed by atoms with Crippen molar-refractivity contribution in [1.29, 1.82) is 0 Å². The first-order valence-electron chi connectivity index (χ1n) is 41.8. The molecule has 1 heteroatoms. The Balaban J connectivity index is 1.02. The number of hydrogen-bond donors (Lipinski definition) is 0. The van der Waals surface area contributed by atoms with Gasteiger partial charge in [-0.05, 0) is 296 Å². The van der Waals surface area contributed by atoms with Gasteiger partial charge in [-0.25, -0.2) is 0 Å². The lowest BCUT2D eigenvalue weighted by molar-refractivity contribution is 0.837. The maximum Gasteiger partial charge on any atom is 0.0620 e. The molecule has 0 fully saturated rings. The third kappa shape index (κ3) is 12.2. The number of benzene rings is 16. The van der Waals surface area contributed by atoms with Crippen LogP contribution in [0.4, 0.5) is 0 Å². The zero-order valence-corrected chi connectivity index (χ0v) is 68.7. The molecule has 0 aliphatic carbocycles. The van der Waals surface area contributed by atoms with Crippen molar-refractivity contribution in [3.63, 3.8) is 0 Å². The maximum atomic E-state index is 2.67. The Morgan fingerprint density at radius 3 is 0.823 bits per heavy atom. The summed E-state index contributed by atoms with van der Waals surface area (Å²) in [5.74, 6) is 2.28. The standard InChI is InChI=1S/C112H103N/c1-64(2)82-40-27-41-83(65(3)4)104(82)76-52-50-74-62-102-96(56-78(74)54-76)98-58-80(59-99-97-57-79-55-77(53-51-75(79)63-103(97)113(102)112(98)99)105-84(66(5)6)42-28-43-85(105)67(7)8)107-100(108-86(68(9)10)44-29-45-87(108)69(11)12)60-81(61-101(107)109-88(70(13)14)46-30-47-89(109)71(15)16)106-92-36-23-25-38-94(92)111(95-39-26-24-37-93(95)106)110-90(72-32-19-17-20-33-72)48-31-49-91(110)73-34-21-18-22-35-73/h17-71H,1-16H3. The average Bonchev–Trinajstić information content (AvgIpc) is 1.62. The van der Waals surface area contributed by atoms with Crippen molar-refractivity contribution < 1.29 is 0 Å². The Hall–Kier alpha value is -11.6. The molecular weight excluding hydrogens is 1360 g/mol. The highest BCUT2D eigenvalue weighted by atomic mass is 14.9. The number of aromatic nitrogens is 1. The summed E-state index contributed by atoms with van der Waals surface area (Å²) in [4.78, 5) is 0. The van der Waals surface area contributed by atoms with Crippen LogP contribution in [0.2, 0.25) is 0 Å². The third-order valence-corrected chi connectivity index (χ3v) is 25.0. The Morgan fingerprint density at radius 1 is 0.168 bits per heavy atom. The average molecular weight is 1460 g/mol. The maximum absolute atomic E-state index is 2.67. The molecule has 0 bridgehead atoms. The number of hydrogen-bond acceptors (Lipinski definition) is 0. The van der Waals surface area contributed by atoms with Crippen molar-refractivity contribution in [2.45, 2.75) is 158 Å². The van der Waals surface area contributed by atoms with Crippen LogP contribution in [-0.2, 0) is 0 Å². The summed E-state index contributed by atoms with van der Waals surface area (Å²) >= 11 is 0. The van der Waals surface area contributed by atoms with Crippen LogP contribution in [0.15, 0.2) is 285 Å². The lowest BCUT2D eigenvalue weighted by Gasteiger charge is -2.28. The summed E-state index contributed by atoms with van der Waals surface area (Å²) in [7, 11) is 0. The molecule has 0 aliphatic heterocycles. The summed E-state index contributed by atoms with van der Waals surface area (Å²) < 4.78 is 2.65. The molecule has 556 valence electrons. The summed E-state index contributed by atoms with van der Waals surface area (Å²) in [6, 6.07) is 112. The molecule has 0 radical (unpaired) electrons. The molecule has 0 amide bonds. The van der Waals surface area contributed by atoms with Crippen molar-refractivity contribution in [1.82, 2.24) is 4.40 Å². The fourth-order valence-electron chi connectivity index (χ4n) is 19.7. The summed E-state index contributed by atoms with van der Waals surface area (Å²) in [5, 5.41) is 14.9. The zero-order chi connectivity index (χ0) is 78.1. The van der Waals surface area contributed by atoms with E-state index in [0.29, 0.717) is 23.7 Å². The Morgan fingerprint density at radius 2 is 0.478 bits per heavy atom. The Labute approximate surface area is 669 Å². The highest BCUT2D eigenvalue weighted by Crippen LogP contribution is 2.56. The van der Waals surface area contributed by atoms with E-state index in [1.807, 2.05) is 0 Å². The van der Waals surface area contributed by atoms with E-state index in [4.69, 9.17) is 0 Å². The molecule has 0 saturated carbocycles. The van der Waals surface area contributed by atoms with Gasteiger partial charge in [0, 0.05) is 21.5 Å². The van der Waals surface area contributed by atoms with Gasteiger partial charge in [0.05, 0.1) is 16.6 Å². The van der Waals surface area contributed by atoms with Gasteiger partial charge in [-0.1, -0.05) is 335 Å². The largest absolute Gasteiger partial charge is 0.308 e. The SMILES string of the molecule is CC(C)c1cccc(C(C)C)c1-c1ccc2cc3c(cc2c1)c1cc(-c2c(-c4c(C(C)C)cccc4C(C)C)cc(-c4c5ccccc5c(-c5c(-c6ccccc6)cccc5-c5ccccc5)c5ccccc45)cc2-c2c(C(C)C)cccc2C(C)C)cc2c4cc5cc(-c6c(C(C)C)cccc6C(C)C)ccc5cc4n3c12. The van der Waals surface area contributed by atoms with Gasteiger partial charge in [0.1, 0.15) is 0 Å². The smallest absolute Gasteiger partial charge is 0.0620 e. The first-order valence-corrected chi connectivity index (χ1v) is 41.8. The van der Waals surface area contributed by atoms with E-state index in [2.05, 4.69) is 400 Å². The second-order valence-corrected chi connectivity index (χ2v) is 34.8. The van der Waals surface area contributed by atoms with Crippen LogP contribution in [0.25, 0.3) is 181 Å². The van der Waals surface area contributed by atoms with Gasteiger partial charge in [0.15, 0.2) is 0 Å². The lowest BCUT2D eigenvalue weighted by atomic mass is 9.75. The van der Waals surface area contributed by atoms with Gasteiger partial charge in [-0.2, -0.15) is 0 Å². The van der Waals surface area contributed by atoms with Gasteiger partial charge in [0.2, 0.25) is 0 Å². The number of nitrogens with zero attached hydrogens (tertiary/aromatic N) is 1. The summed E-state index contributed by atoms with van der Waals surface area (Å²) in [6.07, 6.45) is 0. The van der Waals surface area contributed by atoms with Crippen molar-refractivity contribution in [2.24, 2.45) is 0 Å². The van der Waals surface area contributed by atoms with Crippen LogP contribution < -0.4 is 0 Å². The Kier molecular flexibility index (Phi) is 18.6. The molecule has 16 aromatic carbocycles. The molecule has 0 unspecified atom stereocenters. The minimum Gasteiger partial charge on any atom is -0.308 e. The molecule has 2 aromatic heterocycles. The monoisotopic (exact) mass is 1460 g/mol. The van der Waals surface area contributed by atoms with Crippen molar-refractivity contribution >= 4 is 81.2 Å². The molecule has 0 N–H and O–H groups in total. The second kappa shape index (κ2) is 28.8. The zero-order valence-electron chi connectivity index (χ0n) is 68.7. The molecule has 18 aromatic rings. The van der Waals surface area contributed by atoms with E-state index in [1.165, 1.54) is 226 Å². The Bertz CT molecular complexity index is 6290. The molecular formula is C112H103N. The molecule has 2 heterocycles. The highest BCUT2D eigenvalue weighted by molar-refractivity contribution is 6.29. The van der Waals surface area contributed by atoms with Crippen LogP contribution >= 0.6 is 0 Å². The highest BCUT2D eigenvalue weighted by Gasteiger charge is 2.32. The molecule has 0 aliphatic rings. The van der Waals surface area contributed by atoms with Crippen LogP contribution in [0.3, 0.4) is 0 Å². The predicted molar refractivity (Wildman–Crippen MR) is 493 cm³/mol. The molecule has 1 nitrogen and oxygen atoms in total. The van der Waals surface area contributed by atoms with Crippen molar-refractivity contribution in [3.8, 4) is 100 Å². The lowest BCUT2D eigenvalue weighted by Crippen LogP contribution is -2.05. The molecule has 113 heavy (non-hydrogen) atoms. The predicted octanol–water partition coefficient (Wildman–Crippen LogP) is 33.4. The fraction of sp³-hybridized carbons (Fsp3) is 0.214. The van der Waals surface area contributed by atoms with E-state index in [-0.39, 0.29) is 23.7 Å². The number of fused-ring (bicyclic) bond motifs is 10. The first-order chi connectivity index (χ1) is 54.7. The van der Waals surface area contributed by atoms with Crippen LogP contribution in [-0.4, -0.2) is 4.40 Å². The molecule has 0 saturated heterocycles. The molecule has 0 spiro atoms. The quantitative estimate of drug-likeness (QED) is 0.0801. The van der Waals surface area contributed by atoms with E-state index in [0.717, 1.165) is 0 Å². The van der Waals surface area contributed by atoms with Crippen molar-refractivity contribution in [3.05, 3.63) is 330 Å². The molecule has 18 rings (SSSR count). The van der Waals surface area contributed by atoms with E-state index in [9.17, 15) is 0 Å². The number of rotatable bonds is 17. The van der Waals surface area contributed by atoms with Gasteiger partial charge >= 0.3 is 0 Å². The summed E-state index contributed by atoms with van der Waals surface area (Å²) in [6.45, 7) is 38.1. The van der Waals surface area contributed by atoms with Crippen LogP contribution in [0.1, 0.15) is 203 Å². The van der Waals surface area contributed by atoms with Crippen molar-refractivity contribution in [2.75, 3.05) is 0 Å². The normalized spacial score (nSPS) is 12.4. The fourth-order valence-corrected chi connectivity index (χ4v) is 19.7. The topological polar surface area (TPSA) is 4.41 Å². The second-order valence-electron chi connectivity index (χ2n) is 34.8. The minimum absolute atomic E-state index is 0.205.